The number of hydrogen-bond donors (Lipinski definition) is 2. The van der Waals surface area contributed by atoms with E-state index in [9.17, 15) is 4.79 Å². The van der Waals surface area contributed by atoms with Crippen LogP contribution in [0.25, 0.3) is 0 Å². The topological polar surface area (TPSA) is 85.4 Å². The maximum Gasteiger partial charge on any atom is 0.270 e. The highest BCUT2D eigenvalue weighted by molar-refractivity contribution is 5.93. The van der Waals surface area contributed by atoms with E-state index in [0.29, 0.717) is 30.3 Å². The van der Waals surface area contributed by atoms with Gasteiger partial charge >= 0.3 is 0 Å². The molecule has 0 radical (unpaired) electrons. The largest absolute Gasteiger partial charge is 0.493 e. The quantitative estimate of drug-likeness (QED) is 0.627. The summed E-state index contributed by atoms with van der Waals surface area (Å²) in [5.41, 5.74) is 2.96. The second kappa shape index (κ2) is 9.36. The summed E-state index contributed by atoms with van der Waals surface area (Å²) in [7, 11) is 3.16. The number of benzene rings is 1. The van der Waals surface area contributed by atoms with Gasteiger partial charge in [-0.15, -0.1) is 0 Å². The molecule has 0 saturated carbocycles. The van der Waals surface area contributed by atoms with Crippen molar-refractivity contribution in [3.8, 4) is 11.5 Å². The zero-order valence-corrected chi connectivity index (χ0v) is 15.8. The zero-order chi connectivity index (χ0) is 19.8. The summed E-state index contributed by atoms with van der Waals surface area (Å²) >= 11 is 0. The van der Waals surface area contributed by atoms with Crippen molar-refractivity contribution in [3.05, 3.63) is 77.9 Å². The summed E-state index contributed by atoms with van der Waals surface area (Å²) in [6.45, 7) is 0.921. The lowest BCUT2D eigenvalue weighted by atomic mass is 10.2. The van der Waals surface area contributed by atoms with Gasteiger partial charge in [0.25, 0.3) is 5.91 Å². The summed E-state index contributed by atoms with van der Waals surface area (Å²) in [4.78, 5) is 20.9. The third kappa shape index (κ3) is 4.97. The number of amides is 1. The summed E-state index contributed by atoms with van der Waals surface area (Å²) in [5, 5.41) is 6.11. The number of anilines is 1. The van der Waals surface area contributed by atoms with Crippen LogP contribution >= 0.6 is 0 Å². The Balaban J connectivity index is 1.60. The Morgan fingerprint density at radius 3 is 2.54 bits per heavy atom. The standard InChI is InChI=1S/C21H22N4O3/c1-27-19-7-6-15(11-20(19)28-2)13-25-21(26)18-12-16(8-10-23-18)24-14-17-5-3-4-9-22-17/h3-12H,13-14H2,1-2H3,(H,23,24)(H,25,26). The Kier molecular flexibility index (Phi) is 6.41. The minimum absolute atomic E-state index is 0.253. The van der Waals surface area contributed by atoms with Gasteiger partial charge < -0.3 is 20.1 Å². The van der Waals surface area contributed by atoms with Crippen molar-refractivity contribution >= 4 is 11.6 Å². The Morgan fingerprint density at radius 1 is 0.929 bits per heavy atom. The molecule has 3 rings (SSSR count). The van der Waals surface area contributed by atoms with Crippen molar-refractivity contribution in [2.24, 2.45) is 0 Å². The van der Waals surface area contributed by atoms with E-state index in [1.165, 1.54) is 0 Å². The molecule has 0 saturated heterocycles. The van der Waals surface area contributed by atoms with Crippen LogP contribution in [0.5, 0.6) is 11.5 Å². The van der Waals surface area contributed by atoms with Crippen LogP contribution in [0.1, 0.15) is 21.7 Å². The molecule has 28 heavy (non-hydrogen) atoms. The number of nitrogens with one attached hydrogen (secondary N) is 2. The Bertz CT molecular complexity index is 932. The first-order valence-electron chi connectivity index (χ1n) is 8.78. The van der Waals surface area contributed by atoms with Crippen LogP contribution in [0.3, 0.4) is 0 Å². The highest BCUT2D eigenvalue weighted by atomic mass is 16.5. The molecule has 1 amide bonds. The maximum absolute atomic E-state index is 12.5. The molecule has 1 aromatic carbocycles. The fraction of sp³-hybridized carbons (Fsp3) is 0.190. The van der Waals surface area contributed by atoms with E-state index in [1.54, 1.807) is 38.7 Å². The second-order valence-corrected chi connectivity index (χ2v) is 5.98. The first-order valence-corrected chi connectivity index (χ1v) is 8.78. The SMILES string of the molecule is COc1ccc(CNC(=O)c2cc(NCc3ccccn3)ccn2)cc1OC. The van der Waals surface area contributed by atoms with Gasteiger partial charge in [0.15, 0.2) is 11.5 Å². The van der Waals surface area contributed by atoms with E-state index < -0.39 is 0 Å². The number of hydrogen-bond acceptors (Lipinski definition) is 6. The highest BCUT2D eigenvalue weighted by Crippen LogP contribution is 2.27. The fourth-order valence-corrected chi connectivity index (χ4v) is 2.62. The number of nitrogens with zero attached hydrogens (tertiary/aromatic N) is 2. The monoisotopic (exact) mass is 378 g/mol. The first-order chi connectivity index (χ1) is 13.7. The smallest absolute Gasteiger partial charge is 0.270 e. The number of pyridine rings is 2. The third-order valence-electron chi connectivity index (χ3n) is 4.09. The molecule has 144 valence electrons. The number of rotatable bonds is 8. The van der Waals surface area contributed by atoms with Crippen molar-refractivity contribution in [2.75, 3.05) is 19.5 Å². The van der Waals surface area contributed by atoms with Crippen molar-refractivity contribution in [1.82, 2.24) is 15.3 Å². The van der Waals surface area contributed by atoms with Crippen molar-refractivity contribution in [2.45, 2.75) is 13.1 Å². The molecule has 3 aromatic rings. The first kappa shape index (κ1) is 19.2. The van der Waals surface area contributed by atoms with E-state index in [1.807, 2.05) is 36.4 Å². The number of carbonyl (C=O) groups excluding carboxylic acids is 1. The van der Waals surface area contributed by atoms with Crippen LogP contribution in [-0.2, 0) is 13.1 Å². The lowest BCUT2D eigenvalue weighted by Crippen LogP contribution is -2.24. The summed E-state index contributed by atoms with van der Waals surface area (Å²) < 4.78 is 10.5. The number of methoxy groups -OCH3 is 2. The predicted octanol–water partition coefficient (Wildman–Crippen LogP) is 3.04. The normalized spacial score (nSPS) is 10.2. The molecular formula is C21H22N4O3. The molecular weight excluding hydrogens is 356 g/mol. The van der Waals surface area contributed by atoms with Crippen LogP contribution < -0.4 is 20.1 Å². The molecule has 0 aliphatic heterocycles. The van der Waals surface area contributed by atoms with Crippen molar-refractivity contribution < 1.29 is 14.3 Å². The minimum Gasteiger partial charge on any atom is -0.493 e. The molecule has 2 heterocycles. The molecule has 0 bridgehead atoms. The van der Waals surface area contributed by atoms with Crippen LogP contribution in [0.4, 0.5) is 5.69 Å². The number of ether oxygens (including phenoxy) is 2. The highest BCUT2D eigenvalue weighted by Gasteiger charge is 2.10. The van der Waals surface area contributed by atoms with Gasteiger partial charge in [0.05, 0.1) is 26.5 Å². The molecule has 7 nitrogen and oxygen atoms in total. The molecule has 0 fully saturated rings. The molecule has 0 unspecified atom stereocenters. The minimum atomic E-state index is -0.253. The fourth-order valence-electron chi connectivity index (χ4n) is 2.62. The number of carbonyl (C=O) groups is 1. The Labute approximate surface area is 163 Å². The Hall–Kier alpha value is -3.61. The van der Waals surface area contributed by atoms with Crippen molar-refractivity contribution in [1.29, 1.82) is 0 Å². The predicted molar refractivity (Wildman–Crippen MR) is 107 cm³/mol. The van der Waals surface area contributed by atoms with Crippen LogP contribution in [0.2, 0.25) is 0 Å². The summed E-state index contributed by atoms with van der Waals surface area (Å²) in [5.74, 6) is 1.01. The van der Waals surface area contributed by atoms with Gasteiger partial charge in [-0.2, -0.15) is 0 Å². The van der Waals surface area contributed by atoms with E-state index in [2.05, 4.69) is 20.6 Å². The van der Waals surface area contributed by atoms with Crippen LogP contribution in [0, 0.1) is 0 Å². The lowest BCUT2D eigenvalue weighted by molar-refractivity contribution is 0.0946. The molecule has 0 aliphatic rings. The second-order valence-electron chi connectivity index (χ2n) is 5.98. The molecule has 0 atom stereocenters. The Morgan fingerprint density at radius 2 is 1.79 bits per heavy atom. The molecule has 2 N–H and O–H groups in total. The van der Waals surface area contributed by atoms with Crippen molar-refractivity contribution in [3.63, 3.8) is 0 Å². The van der Waals surface area contributed by atoms with E-state index in [4.69, 9.17) is 9.47 Å². The number of aromatic nitrogens is 2. The van der Waals surface area contributed by atoms with Gasteiger partial charge in [-0.3, -0.25) is 14.8 Å². The van der Waals surface area contributed by atoms with Gasteiger partial charge in [0.2, 0.25) is 0 Å². The molecule has 2 aromatic heterocycles. The van der Waals surface area contributed by atoms with Gasteiger partial charge in [-0.05, 0) is 42.0 Å². The van der Waals surface area contributed by atoms with Gasteiger partial charge in [0, 0.05) is 24.6 Å². The van der Waals surface area contributed by atoms with E-state index in [0.717, 1.165) is 16.9 Å². The van der Waals surface area contributed by atoms with Crippen LogP contribution in [-0.4, -0.2) is 30.1 Å². The lowest BCUT2D eigenvalue weighted by Gasteiger charge is -2.11. The van der Waals surface area contributed by atoms with E-state index >= 15 is 0 Å². The van der Waals surface area contributed by atoms with Gasteiger partial charge in [-0.25, -0.2) is 0 Å². The third-order valence-corrected chi connectivity index (χ3v) is 4.09. The van der Waals surface area contributed by atoms with Gasteiger partial charge in [0.1, 0.15) is 5.69 Å². The van der Waals surface area contributed by atoms with Gasteiger partial charge in [-0.1, -0.05) is 12.1 Å². The van der Waals surface area contributed by atoms with Crippen LogP contribution in [0.15, 0.2) is 60.9 Å². The van der Waals surface area contributed by atoms with E-state index in [-0.39, 0.29) is 5.91 Å². The summed E-state index contributed by atoms with van der Waals surface area (Å²) in [6.07, 6.45) is 3.35. The molecule has 0 aliphatic carbocycles. The average Bonchev–Trinajstić information content (AvgIpc) is 2.76. The molecule has 7 heteroatoms. The zero-order valence-electron chi connectivity index (χ0n) is 15.8. The average molecular weight is 378 g/mol. The maximum atomic E-state index is 12.5. The molecule has 0 spiro atoms. The summed E-state index contributed by atoms with van der Waals surface area (Å²) in [6, 6.07) is 14.8.